The third-order valence-electron chi connectivity index (χ3n) is 16.3. The molecule has 1 aromatic rings. The van der Waals surface area contributed by atoms with Crippen LogP contribution in [0.4, 0.5) is 4.79 Å². The van der Waals surface area contributed by atoms with Crippen LogP contribution in [0.5, 0.6) is 5.75 Å². The quantitative estimate of drug-likeness (QED) is 0.0275. The van der Waals surface area contributed by atoms with Crippen molar-refractivity contribution in [3.8, 4) is 5.75 Å². The second kappa shape index (κ2) is 38.1. The number of allylic oxidation sites excluding steroid dienone is 5. The van der Waals surface area contributed by atoms with Gasteiger partial charge >= 0.3 is 6.03 Å². The molecule has 5 rings (SSSR count). The number of aromatic hydroxyl groups is 1. The largest absolute Gasteiger partial charge is 0.507 e. The van der Waals surface area contributed by atoms with E-state index in [-0.39, 0.29) is 11.1 Å². The summed E-state index contributed by atoms with van der Waals surface area (Å²) in [5, 5.41) is 102. The SMILES string of the molecule is C/C=C1/NC(=O)[C@@H]2Cc3ccc(O)c(c3)C3=NC(=O)N[C@@]3(OC)C[C@H](NC(=O)[C@@H](CCC(N)=O)NC(=O)CNC(=O)[C@@H]([C@@H](O)CC(N)=O)NC1=O)C(=O)N[C@@H](C)[C@H](NC(=O)/C(=C\C)NC(=O)[C@@H](O)[C@@H](/C=C/C=C/CCCCCCC)O[C@H]1OC[C@@H](O)[C@H](O)[C@@H]1O)C(=O)N[C@H]([C@@H](C)O)C(=O)N2. The Labute approximate surface area is 573 Å². The van der Waals surface area contributed by atoms with Crippen molar-refractivity contribution < 1.29 is 112 Å². The van der Waals surface area contributed by atoms with Crippen molar-refractivity contribution in [3.05, 3.63) is 77.2 Å². The first kappa shape index (κ1) is 81.1. The zero-order valence-corrected chi connectivity index (χ0v) is 55.8. The molecule has 16 atom stereocenters. The Morgan fingerprint density at radius 3 is 2.17 bits per heavy atom. The molecule has 0 spiro atoms. The number of urea groups is 1. The molecule has 0 radical (unpaired) electrons. The summed E-state index contributed by atoms with van der Waals surface area (Å²) in [4.78, 5) is 187. The number of phenolic OH excluding ortho intramolecular Hbond substituents is 1. The lowest BCUT2D eigenvalue weighted by Gasteiger charge is -2.36. The van der Waals surface area contributed by atoms with Crippen molar-refractivity contribution in [3.63, 3.8) is 0 Å². The van der Waals surface area contributed by atoms with E-state index < -0.39 is 242 Å². The third kappa shape index (κ3) is 22.7. The summed E-state index contributed by atoms with van der Waals surface area (Å²) in [7, 11) is 1.02. The van der Waals surface area contributed by atoms with Crippen LogP contribution in [0.25, 0.3) is 0 Å². The number of aliphatic imine (C=N–C) groups is 1. The summed E-state index contributed by atoms with van der Waals surface area (Å²) in [6, 6.07) is -11.9. The molecule has 0 saturated carbocycles. The number of carbonyl (C=O) groups excluding carboxylic acids is 13. The van der Waals surface area contributed by atoms with Gasteiger partial charge in [-0.3, -0.25) is 57.5 Å². The first-order chi connectivity index (χ1) is 47.3. The number of nitrogens with two attached hydrogens (primary N) is 2. The monoisotopic (exact) mass is 1410 g/mol. The number of unbranched alkanes of at least 4 members (excludes halogenated alkanes) is 5. The average Bonchev–Trinajstić information content (AvgIpc) is 1.58. The molecule has 37 nitrogen and oxygen atoms in total. The van der Waals surface area contributed by atoms with Crippen molar-refractivity contribution in [2.75, 3.05) is 20.3 Å². The number of phenols is 1. The first-order valence-corrected chi connectivity index (χ1v) is 32.2. The van der Waals surface area contributed by atoms with Gasteiger partial charge in [-0.2, -0.15) is 4.99 Å². The lowest BCUT2D eigenvalue weighted by atomic mass is 9.90. The molecule has 4 bridgehead atoms. The molecule has 22 N–H and O–H groups in total. The van der Waals surface area contributed by atoms with Gasteiger partial charge in [0.05, 0.1) is 37.8 Å². The lowest BCUT2D eigenvalue weighted by Crippen LogP contribution is -2.65. The van der Waals surface area contributed by atoms with Gasteiger partial charge in [-0.1, -0.05) is 75.1 Å². The van der Waals surface area contributed by atoms with Crippen LogP contribution < -0.4 is 70.0 Å². The Morgan fingerprint density at radius 1 is 0.820 bits per heavy atom. The van der Waals surface area contributed by atoms with Crippen LogP contribution in [0.2, 0.25) is 0 Å². The number of ether oxygens (including phenoxy) is 3. The minimum absolute atomic E-state index is 0.00469. The number of rotatable bonds is 23. The summed E-state index contributed by atoms with van der Waals surface area (Å²) in [6.07, 6.45) is -5.24. The minimum Gasteiger partial charge on any atom is -0.507 e. The number of fused-ring (bicyclic) bond motifs is 2. The number of amides is 14. The maximum Gasteiger partial charge on any atom is 0.343 e. The van der Waals surface area contributed by atoms with Crippen LogP contribution in [0, 0.1) is 0 Å². The number of aliphatic hydroxyl groups excluding tert-OH is 6. The van der Waals surface area contributed by atoms with Gasteiger partial charge < -0.3 is 120 Å². The minimum atomic E-state index is -2.40. The topological polar surface area (TPSA) is 588 Å². The summed E-state index contributed by atoms with van der Waals surface area (Å²) in [6.45, 7) is 5.03. The van der Waals surface area contributed by atoms with Gasteiger partial charge in [-0.15, -0.1) is 0 Å². The number of methoxy groups -OCH3 is 1. The predicted octanol–water partition coefficient (Wildman–Crippen LogP) is -6.68. The van der Waals surface area contributed by atoms with E-state index in [4.69, 9.17) is 25.7 Å². The molecule has 0 aromatic heterocycles. The fourth-order valence-corrected chi connectivity index (χ4v) is 10.7. The molecular formula is C63H90N14O23. The summed E-state index contributed by atoms with van der Waals surface area (Å²) in [5.74, 6) is -16.2. The average molecular weight is 1410 g/mol. The highest BCUT2D eigenvalue weighted by atomic mass is 16.7. The highest BCUT2D eigenvalue weighted by Crippen LogP contribution is 2.32. The van der Waals surface area contributed by atoms with Crippen molar-refractivity contribution in [1.29, 1.82) is 0 Å². The molecule has 550 valence electrons. The highest BCUT2D eigenvalue weighted by molar-refractivity contribution is 6.17. The van der Waals surface area contributed by atoms with E-state index in [9.17, 15) is 88.5 Å². The first-order valence-electron chi connectivity index (χ1n) is 32.2. The zero-order chi connectivity index (χ0) is 74.3. The molecule has 100 heavy (non-hydrogen) atoms. The molecule has 4 aliphatic heterocycles. The molecule has 0 unspecified atom stereocenters. The molecular weight excluding hydrogens is 1320 g/mol. The predicted molar refractivity (Wildman–Crippen MR) is 347 cm³/mol. The summed E-state index contributed by atoms with van der Waals surface area (Å²) in [5.41, 5.74) is 6.10. The normalized spacial score (nSPS) is 28.1. The Hall–Kier alpha value is -9.60. The molecule has 37 heteroatoms. The molecule has 4 heterocycles. The third-order valence-corrected chi connectivity index (χ3v) is 16.3. The van der Waals surface area contributed by atoms with Gasteiger partial charge in [0.25, 0.3) is 17.7 Å². The number of benzene rings is 1. The van der Waals surface area contributed by atoms with Gasteiger partial charge in [0, 0.05) is 31.9 Å². The maximum atomic E-state index is 15.2. The number of carbonyl (C=O) groups is 13. The lowest BCUT2D eigenvalue weighted by molar-refractivity contribution is -0.283. The molecule has 1 saturated heterocycles. The second-order valence-corrected chi connectivity index (χ2v) is 24.0. The molecule has 14 amide bonds. The number of hydrogen-bond acceptors (Lipinski definition) is 23. The molecule has 1 fully saturated rings. The van der Waals surface area contributed by atoms with Gasteiger partial charge in [0.15, 0.2) is 18.1 Å². The molecule has 0 aliphatic carbocycles. The number of hydrogen-bond donors (Lipinski definition) is 20. The van der Waals surface area contributed by atoms with Crippen LogP contribution in [-0.4, -0.2) is 236 Å². The van der Waals surface area contributed by atoms with E-state index in [1.165, 1.54) is 38.1 Å². The van der Waals surface area contributed by atoms with E-state index in [0.717, 1.165) is 71.3 Å². The van der Waals surface area contributed by atoms with Gasteiger partial charge in [0.1, 0.15) is 83.5 Å². The number of nitrogens with zero attached hydrogens (tertiary/aromatic N) is 1. The van der Waals surface area contributed by atoms with E-state index in [1.807, 2.05) is 6.08 Å². The van der Waals surface area contributed by atoms with E-state index in [2.05, 4.69) is 70.4 Å². The Bertz CT molecular complexity index is 3360. The smallest absolute Gasteiger partial charge is 0.343 e. The van der Waals surface area contributed by atoms with Gasteiger partial charge in [0.2, 0.25) is 53.2 Å². The Morgan fingerprint density at radius 2 is 1.52 bits per heavy atom. The number of nitrogens with one attached hydrogen (secondary N) is 11. The van der Waals surface area contributed by atoms with Crippen LogP contribution in [0.3, 0.4) is 0 Å². The van der Waals surface area contributed by atoms with Crippen molar-refractivity contribution in [1.82, 2.24) is 58.5 Å². The van der Waals surface area contributed by atoms with Gasteiger partial charge in [-0.25, -0.2) is 4.79 Å². The van der Waals surface area contributed by atoms with Crippen molar-refractivity contribution >= 4 is 82.6 Å². The summed E-state index contributed by atoms with van der Waals surface area (Å²) >= 11 is 0. The molecule has 1 aromatic carbocycles. The van der Waals surface area contributed by atoms with E-state index >= 15 is 9.59 Å². The van der Waals surface area contributed by atoms with Crippen molar-refractivity contribution in [2.24, 2.45) is 16.5 Å². The van der Waals surface area contributed by atoms with Crippen LogP contribution in [0.15, 0.2) is 71.0 Å². The summed E-state index contributed by atoms with van der Waals surface area (Å²) < 4.78 is 17.0. The maximum absolute atomic E-state index is 15.2. The fourth-order valence-electron chi connectivity index (χ4n) is 10.7. The number of primary amides is 2. The van der Waals surface area contributed by atoms with Crippen LogP contribution in [0.1, 0.15) is 110 Å². The van der Waals surface area contributed by atoms with E-state index in [0.29, 0.717) is 6.42 Å². The van der Waals surface area contributed by atoms with Crippen LogP contribution >= 0.6 is 0 Å². The van der Waals surface area contributed by atoms with Crippen LogP contribution in [-0.2, 0) is 78.2 Å². The number of aliphatic hydroxyl groups is 6. The Balaban J connectivity index is 1.68. The molecule has 4 aliphatic rings. The van der Waals surface area contributed by atoms with E-state index in [1.54, 1.807) is 6.08 Å². The highest BCUT2D eigenvalue weighted by Gasteiger charge is 2.49. The zero-order valence-electron chi connectivity index (χ0n) is 55.8. The second-order valence-electron chi connectivity index (χ2n) is 24.0. The fraction of sp³-hybridized carbons (Fsp3) is 0.556. The Kier molecular flexibility index (Phi) is 30.9. The standard InChI is InChI=1S/C63H90N14O23/c1-7-10-11-12-13-14-15-16-17-18-41(100-61-50(87)48(85)40(81)28-99-61)49(86)60(96)70-34(9-3)52(88)73-45-29(4)67-56(92)37-26-63(98-6)51(76-62(97)77-63)32-23-31(19-21-38(32)79)24-36(71-59(95)46(30(5)78)74-58(45)94)55(91)69-33(8-2)53(89)75-47(39(80)25-43(65)83)57(93)66-27-44(84)68-35(54(90)72-37)20-22-42(64)82/h8-9,15-19,21,23,29-30,35-37,39-41,45-50,61,78-81,85-87H,7,10-14,20,22,24-28H2,1-6H3,(H2,64,82)(H2,65,83)(H,66,93)(H,67,92)(H,68,84)(H,69,91)(H,70,96)(H,71,95)(H,72,90)(H,73,88)(H,74,94)(H,75,89)(H,77,97)/b16-15+,18-17+,33-8+,34-9+/t29-,30+,35+,36-,37-,39-,40+,41+,45-,46+,47+,48-,49-,50-,61+,63+/m0/s1. The van der Waals surface area contributed by atoms with Crippen molar-refractivity contribution in [2.45, 2.75) is 202 Å². The van der Waals surface area contributed by atoms with Gasteiger partial charge in [-0.05, 0) is 64.7 Å².